The van der Waals surface area contributed by atoms with Gasteiger partial charge >= 0.3 is 0 Å². The van der Waals surface area contributed by atoms with Crippen LogP contribution in [0.5, 0.6) is 5.75 Å². The Labute approximate surface area is 182 Å². The molecule has 1 atom stereocenters. The first kappa shape index (κ1) is 20.8. The number of nitrogens with zero attached hydrogens (tertiary/aromatic N) is 4. The van der Waals surface area contributed by atoms with Crippen LogP contribution in [0.15, 0.2) is 54.7 Å². The third-order valence-electron chi connectivity index (χ3n) is 5.32. The Morgan fingerprint density at radius 3 is 2.61 bits per heavy atom. The molecule has 0 spiro atoms. The molecular formula is C24H27N5O2. The van der Waals surface area contributed by atoms with Crippen molar-refractivity contribution in [3.8, 4) is 5.75 Å². The molecule has 1 fully saturated rings. The van der Waals surface area contributed by atoms with Crippen molar-refractivity contribution >= 4 is 17.5 Å². The minimum absolute atomic E-state index is 0.0128. The van der Waals surface area contributed by atoms with E-state index in [9.17, 15) is 4.79 Å². The quantitative estimate of drug-likeness (QED) is 0.653. The Bertz CT molecular complexity index is 1000. The summed E-state index contributed by atoms with van der Waals surface area (Å²) >= 11 is 0. The predicted molar refractivity (Wildman–Crippen MR) is 120 cm³/mol. The highest BCUT2D eigenvalue weighted by Gasteiger charge is 2.25. The van der Waals surface area contributed by atoms with Crippen LogP contribution in [0, 0.1) is 13.8 Å². The van der Waals surface area contributed by atoms with E-state index in [-0.39, 0.29) is 18.4 Å². The minimum Gasteiger partial charge on any atom is -0.484 e. The number of carbonyl (C=O) groups excluding carboxylic acids is 1. The first-order chi connectivity index (χ1) is 15.1. The lowest BCUT2D eigenvalue weighted by Crippen LogP contribution is -2.41. The molecule has 0 unspecified atom stereocenters. The third kappa shape index (κ3) is 5.57. The van der Waals surface area contributed by atoms with E-state index in [0.717, 1.165) is 42.2 Å². The van der Waals surface area contributed by atoms with Crippen molar-refractivity contribution in [3.05, 3.63) is 71.8 Å². The Balaban J connectivity index is 1.35. The van der Waals surface area contributed by atoms with Crippen LogP contribution >= 0.6 is 0 Å². The molecule has 1 amide bonds. The molecule has 0 saturated carbocycles. The minimum atomic E-state index is 0.0128. The molecule has 0 radical (unpaired) electrons. The van der Waals surface area contributed by atoms with Crippen LogP contribution in [0.3, 0.4) is 0 Å². The maximum Gasteiger partial charge on any atom is 0.260 e. The number of nitrogens with one attached hydrogen (secondary N) is 1. The molecule has 160 valence electrons. The van der Waals surface area contributed by atoms with Crippen LogP contribution in [0.4, 0.5) is 11.6 Å². The van der Waals surface area contributed by atoms with Gasteiger partial charge in [-0.3, -0.25) is 9.78 Å². The van der Waals surface area contributed by atoms with Crippen molar-refractivity contribution in [2.45, 2.75) is 32.6 Å². The van der Waals surface area contributed by atoms with Crippen molar-refractivity contribution in [2.24, 2.45) is 0 Å². The lowest BCUT2D eigenvalue weighted by molar-refractivity contribution is -0.134. The zero-order chi connectivity index (χ0) is 21.6. The van der Waals surface area contributed by atoms with Gasteiger partial charge in [-0.1, -0.05) is 18.2 Å². The summed E-state index contributed by atoms with van der Waals surface area (Å²) in [4.78, 5) is 28.0. The van der Waals surface area contributed by atoms with Crippen LogP contribution in [0.1, 0.15) is 35.8 Å². The Morgan fingerprint density at radius 1 is 1.13 bits per heavy atom. The number of aryl methyl sites for hydroxylation is 2. The average molecular weight is 418 g/mol. The van der Waals surface area contributed by atoms with Gasteiger partial charge in [0.25, 0.3) is 5.91 Å². The molecule has 1 aromatic carbocycles. The normalized spacial score (nSPS) is 16.1. The molecule has 3 aromatic rings. The van der Waals surface area contributed by atoms with E-state index < -0.39 is 0 Å². The lowest BCUT2D eigenvalue weighted by atomic mass is 9.94. The van der Waals surface area contributed by atoms with Crippen molar-refractivity contribution in [2.75, 3.05) is 25.0 Å². The summed E-state index contributed by atoms with van der Waals surface area (Å²) < 4.78 is 5.62. The molecule has 0 bridgehead atoms. The van der Waals surface area contributed by atoms with Gasteiger partial charge in [0.2, 0.25) is 5.95 Å². The second-order valence-electron chi connectivity index (χ2n) is 7.85. The first-order valence-electron chi connectivity index (χ1n) is 10.6. The molecule has 31 heavy (non-hydrogen) atoms. The fourth-order valence-electron chi connectivity index (χ4n) is 3.83. The lowest BCUT2D eigenvalue weighted by Gasteiger charge is -2.32. The summed E-state index contributed by atoms with van der Waals surface area (Å²) in [5.74, 6) is 1.52. The highest BCUT2D eigenvalue weighted by atomic mass is 16.5. The molecule has 1 N–H and O–H groups in total. The molecule has 4 rings (SSSR count). The Kier molecular flexibility index (Phi) is 6.40. The summed E-state index contributed by atoms with van der Waals surface area (Å²) in [6.45, 7) is 5.38. The van der Waals surface area contributed by atoms with Crippen LogP contribution < -0.4 is 10.1 Å². The van der Waals surface area contributed by atoms with Gasteiger partial charge in [0.1, 0.15) is 5.75 Å². The predicted octanol–water partition coefficient (Wildman–Crippen LogP) is 4.02. The Hall–Kier alpha value is -3.48. The van der Waals surface area contributed by atoms with Gasteiger partial charge < -0.3 is 15.0 Å². The van der Waals surface area contributed by atoms with Crippen LogP contribution in [-0.4, -0.2) is 45.5 Å². The average Bonchev–Trinajstić information content (AvgIpc) is 2.78. The first-order valence-corrected chi connectivity index (χ1v) is 10.6. The fraction of sp³-hybridized carbons (Fsp3) is 0.333. The summed E-state index contributed by atoms with van der Waals surface area (Å²) in [6.07, 6.45) is 3.78. The van der Waals surface area contributed by atoms with Crippen molar-refractivity contribution in [1.29, 1.82) is 0 Å². The number of likely N-dealkylation sites (tertiary alicyclic amines) is 1. The summed E-state index contributed by atoms with van der Waals surface area (Å²) in [6, 6.07) is 15.4. The van der Waals surface area contributed by atoms with E-state index in [4.69, 9.17) is 4.74 Å². The second-order valence-corrected chi connectivity index (χ2v) is 7.85. The number of rotatable bonds is 6. The number of pyridine rings is 1. The number of hydrogen-bond acceptors (Lipinski definition) is 6. The van der Waals surface area contributed by atoms with Crippen molar-refractivity contribution in [1.82, 2.24) is 19.9 Å². The maximum atomic E-state index is 12.6. The molecule has 7 nitrogen and oxygen atoms in total. The zero-order valence-corrected chi connectivity index (χ0v) is 17.9. The van der Waals surface area contributed by atoms with Crippen LogP contribution in [-0.2, 0) is 4.79 Å². The van der Waals surface area contributed by atoms with Crippen LogP contribution in [0.2, 0.25) is 0 Å². The maximum absolute atomic E-state index is 12.6. The second kappa shape index (κ2) is 9.55. The van der Waals surface area contributed by atoms with Gasteiger partial charge in [0.15, 0.2) is 6.61 Å². The number of para-hydroxylation sites is 1. The van der Waals surface area contributed by atoms with Crippen molar-refractivity contribution in [3.63, 3.8) is 0 Å². The number of ether oxygens (including phenoxy) is 1. The van der Waals surface area contributed by atoms with Gasteiger partial charge in [-0.15, -0.1) is 0 Å². The van der Waals surface area contributed by atoms with Gasteiger partial charge in [0, 0.05) is 36.1 Å². The molecule has 7 heteroatoms. The highest BCUT2D eigenvalue weighted by molar-refractivity contribution is 5.78. The number of hydrogen-bond donors (Lipinski definition) is 1. The molecule has 0 aliphatic carbocycles. The van der Waals surface area contributed by atoms with E-state index in [2.05, 4.69) is 20.3 Å². The number of amides is 1. The third-order valence-corrected chi connectivity index (χ3v) is 5.32. The van der Waals surface area contributed by atoms with E-state index in [1.54, 1.807) is 6.20 Å². The van der Waals surface area contributed by atoms with Gasteiger partial charge in [-0.05, 0) is 57.0 Å². The van der Waals surface area contributed by atoms with Gasteiger partial charge in [-0.25, -0.2) is 9.97 Å². The number of benzene rings is 1. The Morgan fingerprint density at radius 2 is 1.90 bits per heavy atom. The highest BCUT2D eigenvalue weighted by Crippen LogP contribution is 2.26. The summed E-state index contributed by atoms with van der Waals surface area (Å²) in [5, 5.41) is 3.21. The van der Waals surface area contributed by atoms with Gasteiger partial charge in [0.05, 0.1) is 11.9 Å². The largest absolute Gasteiger partial charge is 0.484 e. The van der Waals surface area contributed by atoms with Crippen molar-refractivity contribution < 1.29 is 9.53 Å². The van der Waals surface area contributed by atoms with Gasteiger partial charge in [-0.2, -0.15) is 0 Å². The number of piperidine rings is 1. The molecule has 1 aliphatic rings. The number of aromatic nitrogens is 3. The number of anilines is 2. The van der Waals surface area contributed by atoms with E-state index in [1.807, 2.05) is 67.3 Å². The smallest absolute Gasteiger partial charge is 0.260 e. The fourth-order valence-corrected chi connectivity index (χ4v) is 3.83. The standard InChI is InChI=1S/C24H27N5O2/c1-17-13-18(2)27-24(26-17)28-20-10-11-22(25-14-20)19-7-6-12-29(15-19)23(30)16-31-21-8-4-3-5-9-21/h3-5,8-11,13-14,19H,6-7,12,15-16H2,1-2H3,(H,26,27,28)/t19-/m0/s1. The van der Waals surface area contributed by atoms with Crippen LogP contribution in [0.25, 0.3) is 0 Å². The molecule has 3 heterocycles. The molecule has 1 aliphatic heterocycles. The SMILES string of the molecule is Cc1cc(C)nc(Nc2ccc([C@H]3CCCN(C(=O)COc4ccccc4)C3)nc2)n1. The summed E-state index contributed by atoms with van der Waals surface area (Å²) in [5.41, 5.74) is 3.67. The monoisotopic (exact) mass is 417 g/mol. The molecule has 1 saturated heterocycles. The summed E-state index contributed by atoms with van der Waals surface area (Å²) in [7, 11) is 0. The topological polar surface area (TPSA) is 80.2 Å². The van der Waals surface area contributed by atoms with E-state index in [0.29, 0.717) is 18.2 Å². The zero-order valence-electron chi connectivity index (χ0n) is 17.9. The number of carbonyl (C=O) groups is 1. The van der Waals surface area contributed by atoms with E-state index in [1.165, 1.54) is 0 Å². The molecule has 2 aromatic heterocycles. The molecular weight excluding hydrogens is 390 g/mol. The van der Waals surface area contributed by atoms with E-state index >= 15 is 0 Å².